The smallest absolute Gasteiger partial charge is 0.756 e. The van der Waals surface area contributed by atoms with Gasteiger partial charge in [0.25, 0.3) is 20.8 Å². The summed E-state index contributed by atoms with van der Waals surface area (Å²) >= 11 is 0. The Hall–Kier alpha value is 0.0500. The fourth-order valence-corrected chi connectivity index (χ4v) is 1.03. The van der Waals surface area contributed by atoms with E-state index in [1.165, 1.54) is 0 Å². The van der Waals surface area contributed by atoms with Gasteiger partial charge >= 0.3 is 29.6 Å². The average Bonchev–Trinajstić information content (AvgIpc) is 2.22. The van der Waals surface area contributed by atoms with Gasteiger partial charge in [0.15, 0.2) is 6.10 Å². The van der Waals surface area contributed by atoms with Gasteiger partial charge in [-0.2, -0.15) is 0 Å². The Morgan fingerprint density at radius 3 is 2.38 bits per heavy atom. The molecule has 0 aromatic heterocycles. The Balaban J connectivity index is 0. The maximum Gasteiger partial charge on any atom is 1.00 e. The predicted octanol–water partition coefficient (Wildman–Crippen LogP) is -4.16. The third-order valence-electron chi connectivity index (χ3n) is 1.24. The van der Waals surface area contributed by atoms with Gasteiger partial charge < -0.3 is 23.4 Å². The van der Waals surface area contributed by atoms with Crippen molar-refractivity contribution in [3.8, 4) is 0 Å². The van der Waals surface area contributed by atoms with Gasteiger partial charge in [0.05, 0.1) is 6.61 Å². The van der Waals surface area contributed by atoms with Crippen molar-refractivity contribution in [1.29, 1.82) is 0 Å². The fourth-order valence-electron chi connectivity index (χ4n) is 0.579. The molecule has 0 amide bonds. The Morgan fingerprint density at radius 2 is 1.94 bits per heavy atom. The summed E-state index contributed by atoms with van der Waals surface area (Å²) in [7, 11) is -3.45. The van der Waals surface area contributed by atoms with Crippen LogP contribution in [0.5, 0.6) is 0 Å². The molecule has 0 fully saturated rings. The number of rotatable bonds is 9. The van der Waals surface area contributed by atoms with Crippen molar-refractivity contribution in [1.82, 2.24) is 0 Å². The number of hydrogen-bond donors (Lipinski definition) is 0. The molecule has 0 radical (unpaired) electrons. The molecule has 0 spiro atoms. The van der Waals surface area contributed by atoms with Crippen molar-refractivity contribution in [2.24, 2.45) is 0 Å². The van der Waals surface area contributed by atoms with Crippen LogP contribution in [0.15, 0.2) is 0 Å². The van der Waals surface area contributed by atoms with Crippen molar-refractivity contribution in [3.63, 3.8) is 0 Å². The van der Waals surface area contributed by atoms with Crippen LogP contribution in [0.25, 0.3) is 0 Å². The fraction of sp³-hybridized carbons (Fsp3) is 0.667. The molecule has 0 saturated heterocycles. The van der Waals surface area contributed by atoms with Crippen LogP contribution in [0.3, 0.4) is 0 Å². The van der Waals surface area contributed by atoms with Gasteiger partial charge in [-0.3, -0.25) is 14.2 Å². The van der Waals surface area contributed by atoms with Crippen LogP contribution < -0.4 is 34.5 Å². The molecule has 0 heterocycles. The molecule has 0 N–H and O–H groups in total. The second-order valence-electron chi connectivity index (χ2n) is 2.21. The Morgan fingerprint density at radius 1 is 1.31 bits per heavy atom. The van der Waals surface area contributed by atoms with Crippen LogP contribution in [0.4, 0.5) is 0 Å². The van der Waals surface area contributed by atoms with E-state index in [1.54, 1.807) is 0 Å². The standard InChI is InChI=1S/C6H11O8P.Na/c1-11-15(9,10)14-3-6(13-5-8)2-12-4-7;/h4-6H,2-3H2,1H3,(H,9,10);/q;+1/p-1. The summed E-state index contributed by atoms with van der Waals surface area (Å²) < 4.78 is 27.6. The van der Waals surface area contributed by atoms with Crippen molar-refractivity contribution in [2.75, 3.05) is 20.3 Å². The average molecular weight is 264 g/mol. The van der Waals surface area contributed by atoms with Crippen molar-refractivity contribution in [3.05, 3.63) is 0 Å². The summed E-state index contributed by atoms with van der Waals surface area (Å²) in [6.07, 6.45) is -0.995. The first-order valence-electron chi connectivity index (χ1n) is 3.71. The van der Waals surface area contributed by atoms with E-state index in [1.807, 2.05) is 0 Å². The maximum absolute atomic E-state index is 10.7. The quantitative estimate of drug-likeness (QED) is 0.234. The molecular formula is C6H10NaO8P. The number of carbonyl (C=O) groups excluding carboxylic acids is 2. The third kappa shape index (κ3) is 9.29. The molecule has 88 valence electrons. The van der Waals surface area contributed by atoms with E-state index in [4.69, 9.17) is 0 Å². The third-order valence-corrected chi connectivity index (χ3v) is 2.15. The zero-order chi connectivity index (χ0) is 11.7. The van der Waals surface area contributed by atoms with E-state index in [0.29, 0.717) is 0 Å². The van der Waals surface area contributed by atoms with E-state index >= 15 is 0 Å². The van der Waals surface area contributed by atoms with Crippen LogP contribution in [0.2, 0.25) is 0 Å². The summed E-state index contributed by atoms with van der Waals surface area (Å²) in [5.41, 5.74) is 0. The second-order valence-corrected chi connectivity index (χ2v) is 3.73. The van der Waals surface area contributed by atoms with Gasteiger partial charge in [0.2, 0.25) is 0 Å². The molecule has 0 rings (SSSR count). The minimum absolute atomic E-state index is 0. The van der Waals surface area contributed by atoms with Crippen LogP contribution in [0.1, 0.15) is 0 Å². The van der Waals surface area contributed by atoms with Gasteiger partial charge in [-0.05, 0) is 0 Å². The first-order valence-corrected chi connectivity index (χ1v) is 5.17. The zero-order valence-corrected chi connectivity index (χ0v) is 11.8. The molecular weight excluding hydrogens is 254 g/mol. The molecule has 0 aromatic carbocycles. The molecule has 8 nitrogen and oxygen atoms in total. The molecule has 0 aliphatic heterocycles. The number of carbonyl (C=O) groups is 2. The topological polar surface area (TPSA) is 111 Å². The van der Waals surface area contributed by atoms with Crippen molar-refractivity contribution >= 4 is 20.8 Å². The zero-order valence-electron chi connectivity index (χ0n) is 8.86. The van der Waals surface area contributed by atoms with Crippen molar-refractivity contribution < 1.29 is 67.1 Å². The first kappa shape index (κ1) is 18.4. The first-order chi connectivity index (χ1) is 7.05. The van der Waals surface area contributed by atoms with Gasteiger partial charge in [0.1, 0.15) is 6.61 Å². The molecule has 0 aliphatic rings. The molecule has 0 saturated carbocycles. The molecule has 0 bridgehead atoms. The molecule has 2 atom stereocenters. The number of phosphoric ester groups is 1. The van der Waals surface area contributed by atoms with E-state index in [2.05, 4.69) is 18.5 Å². The number of ether oxygens (including phenoxy) is 2. The van der Waals surface area contributed by atoms with Gasteiger partial charge in [-0.25, -0.2) is 0 Å². The van der Waals surface area contributed by atoms with Crippen LogP contribution in [0, 0.1) is 0 Å². The van der Waals surface area contributed by atoms with Crippen LogP contribution in [-0.4, -0.2) is 39.4 Å². The Kier molecular flexibility index (Phi) is 11.8. The molecule has 16 heavy (non-hydrogen) atoms. The second kappa shape index (κ2) is 10.2. The monoisotopic (exact) mass is 264 g/mol. The molecule has 10 heteroatoms. The minimum Gasteiger partial charge on any atom is -0.756 e. The number of hydrogen-bond acceptors (Lipinski definition) is 8. The van der Waals surface area contributed by atoms with Gasteiger partial charge in [-0.15, -0.1) is 0 Å². The van der Waals surface area contributed by atoms with E-state index in [0.717, 1.165) is 7.11 Å². The van der Waals surface area contributed by atoms with Crippen molar-refractivity contribution in [2.45, 2.75) is 6.10 Å². The summed E-state index contributed by atoms with van der Waals surface area (Å²) in [4.78, 5) is 30.5. The maximum atomic E-state index is 10.7. The normalized spacial score (nSPS) is 15.1. The molecule has 0 aliphatic carbocycles. The Labute approximate surface area is 114 Å². The van der Waals surface area contributed by atoms with Gasteiger partial charge in [-0.1, -0.05) is 0 Å². The van der Waals surface area contributed by atoms with E-state index in [-0.39, 0.29) is 49.1 Å². The summed E-state index contributed by atoms with van der Waals surface area (Å²) in [6, 6.07) is 0. The summed E-state index contributed by atoms with van der Waals surface area (Å²) in [6.45, 7) is -0.563. The predicted molar refractivity (Wildman–Crippen MR) is 43.5 cm³/mol. The largest absolute Gasteiger partial charge is 1.00 e. The van der Waals surface area contributed by atoms with Gasteiger partial charge in [0, 0.05) is 7.11 Å². The Bertz CT molecular complexity index is 247. The van der Waals surface area contributed by atoms with E-state index in [9.17, 15) is 19.0 Å². The summed E-state index contributed by atoms with van der Waals surface area (Å²) in [5, 5.41) is 0. The molecule has 2 unspecified atom stereocenters. The molecule has 0 aromatic rings. The van der Waals surface area contributed by atoms with Crippen LogP contribution >= 0.6 is 7.82 Å². The van der Waals surface area contributed by atoms with E-state index < -0.39 is 20.5 Å². The van der Waals surface area contributed by atoms with Crippen LogP contribution in [-0.2, 0) is 32.7 Å². The minimum atomic E-state index is -4.37. The number of phosphoric acid groups is 1. The SMILES string of the molecule is COP(=O)([O-])OCC(COC=O)OC=O.[Na+]. The summed E-state index contributed by atoms with van der Waals surface area (Å²) in [5.74, 6) is 0.